The molecule has 0 aliphatic carbocycles. The highest BCUT2D eigenvalue weighted by Crippen LogP contribution is 2.26. The number of ketones is 1. The van der Waals surface area contributed by atoms with Crippen molar-refractivity contribution in [3.8, 4) is 0 Å². The molecule has 1 aromatic carbocycles. The van der Waals surface area contributed by atoms with Gasteiger partial charge in [0.25, 0.3) is 0 Å². The summed E-state index contributed by atoms with van der Waals surface area (Å²) in [6, 6.07) is 17.7. The van der Waals surface area contributed by atoms with E-state index in [2.05, 4.69) is 48.2 Å². The van der Waals surface area contributed by atoms with Crippen molar-refractivity contribution >= 4 is 39.0 Å². The van der Waals surface area contributed by atoms with E-state index in [9.17, 15) is 4.79 Å². The lowest BCUT2D eigenvalue weighted by atomic mass is 10.1. The molecule has 29 heavy (non-hydrogen) atoms. The molecular weight excluding hydrogens is 430 g/mol. The monoisotopic (exact) mass is 453 g/mol. The maximum absolute atomic E-state index is 12.9. The van der Waals surface area contributed by atoms with Crippen molar-refractivity contribution < 1.29 is 6.22 Å². The molecule has 3 N–H and O–H groups in total. The summed E-state index contributed by atoms with van der Waals surface area (Å²) in [5, 5.41) is 3.50. The topological polar surface area (TPSA) is 84.1 Å². The maximum atomic E-state index is 12.9. The first-order chi connectivity index (χ1) is 14.1. The lowest BCUT2D eigenvalue weighted by Gasteiger charge is -2.26. The van der Waals surface area contributed by atoms with E-state index in [4.69, 9.17) is 5.73 Å². The third-order valence-electron chi connectivity index (χ3n) is 5.08. The summed E-state index contributed by atoms with van der Waals surface area (Å²) >= 11 is 3.34. The number of para-hydroxylation sites is 1. The molecule has 3 heterocycles. The number of carbonyl (C=O) groups excluding carboxylic acids is 1. The van der Waals surface area contributed by atoms with Crippen molar-refractivity contribution in [1.29, 1.82) is 0 Å². The number of nitrogen functional groups attached to an aromatic ring is 1. The molecular formula is C22H24BrN5O. The zero-order valence-electron chi connectivity index (χ0n) is 15.9. The number of aromatic nitrogens is 2. The Morgan fingerprint density at radius 2 is 2.07 bits per heavy atom. The second-order valence-corrected chi connectivity index (χ2v) is 7.95. The fourth-order valence-electron chi connectivity index (χ4n) is 3.62. The second kappa shape index (κ2) is 8.61. The normalized spacial score (nSPS) is 16.0. The van der Waals surface area contributed by atoms with Crippen LogP contribution in [0.25, 0.3) is 0 Å². The molecule has 0 spiro atoms. The largest absolute Gasteiger partial charge is 0.383 e. The quantitative estimate of drug-likeness (QED) is 0.538. The molecule has 0 bridgehead atoms. The van der Waals surface area contributed by atoms with Gasteiger partial charge in [-0.15, -0.1) is 0 Å². The van der Waals surface area contributed by atoms with Crippen molar-refractivity contribution in [2.75, 3.05) is 29.0 Å². The van der Waals surface area contributed by atoms with Crippen LogP contribution < -0.4 is 16.0 Å². The Morgan fingerprint density at radius 3 is 2.90 bits per heavy atom. The number of anilines is 3. The molecule has 0 unspecified atom stereocenters. The average molecular weight is 454 g/mol. The number of hydrogen-bond acceptors (Lipinski definition) is 6. The molecule has 1 atom stereocenters. The fraction of sp³-hybridized carbons (Fsp3) is 0.227. The average Bonchev–Trinajstić information content (AvgIpc) is 3.23. The molecule has 2 aromatic heterocycles. The van der Waals surface area contributed by atoms with Gasteiger partial charge in [-0.3, -0.25) is 4.79 Å². The van der Waals surface area contributed by atoms with Gasteiger partial charge < -0.3 is 16.0 Å². The Bertz CT molecular complexity index is 1020. The highest BCUT2D eigenvalue weighted by molar-refractivity contribution is 9.10. The number of rotatable bonds is 6. The number of benzene rings is 1. The summed E-state index contributed by atoms with van der Waals surface area (Å²) in [7, 11) is 0. The number of pyridine rings is 2. The summed E-state index contributed by atoms with van der Waals surface area (Å²) in [5.41, 5.74) is 7.74. The van der Waals surface area contributed by atoms with Gasteiger partial charge in [-0.2, -0.15) is 0 Å². The van der Waals surface area contributed by atoms with Crippen molar-refractivity contribution in [3.63, 3.8) is 0 Å². The van der Waals surface area contributed by atoms with E-state index in [0.717, 1.165) is 37.4 Å². The van der Waals surface area contributed by atoms with Gasteiger partial charge in [0.15, 0.2) is 0 Å². The third-order valence-corrected chi connectivity index (χ3v) is 5.52. The lowest BCUT2D eigenvalue weighted by Crippen LogP contribution is -2.35. The molecule has 0 radical (unpaired) electrons. The minimum Gasteiger partial charge on any atom is -0.383 e. The third kappa shape index (κ3) is 4.40. The Morgan fingerprint density at radius 1 is 1.24 bits per heavy atom. The van der Waals surface area contributed by atoms with Crippen LogP contribution in [0.2, 0.25) is 0 Å². The predicted octanol–water partition coefficient (Wildman–Crippen LogP) is 4.38. The minimum atomic E-state index is -0.226. The molecule has 7 heteroatoms. The number of nitrogens with two attached hydrogens (primary N) is 1. The molecule has 4 rings (SSSR count). The number of hydrogen-bond donors (Lipinski definition) is 2. The standard InChI is InChI=1S/C22H22BrN5O.H2/c23-15-12-18(22(24)26-13-15)21(29)19-9-4-10-20(27-19)28-11-5-8-17(28)14-25-16-6-2-1-3-7-16;/h1-4,6-7,9-10,12-13,17,25H,5,8,11,14H2,(H2,24,26);1H/t17-;/m1./s1. The maximum Gasteiger partial charge on any atom is 0.215 e. The molecule has 150 valence electrons. The van der Waals surface area contributed by atoms with Gasteiger partial charge in [0.1, 0.15) is 17.3 Å². The first-order valence-electron chi connectivity index (χ1n) is 9.60. The Balaban J connectivity index is 0.00000256. The lowest BCUT2D eigenvalue weighted by molar-refractivity contribution is 0.103. The number of carbonyl (C=O) groups is 1. The molecule has 3 aromatic rings. The highest BCUT2D eigenvalue weighted by Gasteiger charge is 2.26. The van der Waals surface area contributed by atoms with Crippen LogP contribution >= 0.6 is 15.9 Å². The Hall–Kier alpha value is -2.93. The second-order valence-electron chi connectivity index (χ2n) is 7.03. The minimum absolute atomic E-state index is 0. The molecule has 1 saturated heterocycles. The molecule has 1 aliphatic rings. The first-order valence-corrected chi connectivity index (χ1v) is 10.4. The van der Waals surface area contributed by atoms with Gasteiger partial charge in [-0.1, -0.05) is 24.3 Å². The van der Waals surface area contributed by atoms with Gasteiger partial charge in [-0.05, 0) is 59.1 Å². The predicted molar refractivity (Wildman–Crippen MR) is 121 cm³/mol. The summed E-state index contributed by atoms with van der Waals surface area (Å²) in [6.07, 6.45) is 3.76. The smallest absolute Gasteiger partial charge is 0.215 e. The molecule has 1 aliphatic heterocycles. The van der Waals surface area contributed by atoms with Crippen LogP contribution in [0.15, 0.2) is 65.3 Å². The van der Waals surface area contributed by atoms with Crippen LogP contribution in [0.5, 0.6) is 0 Å². The van der Waals surface area contributed by atoms with E-state index in [1.165, 1.54) is 0 Å². The van der Waals surface area contributed by atoms with Crippen LogP contribution in [0.1, 0.15) is 30.3 Å². The van der Waals surface area contributed by atoms with Crippen LogP contribution in [-0.2, 0) is 0 Å². The van der Waals surface area contributed by atoms with Gasteiger partial charge >= 0.3 is 0 Å². The first kappa shape index (κ1) is 19.4. The zero-order chi connectivity index (χ0) is 20.2. The van der Waals surface area contributed by atoms with E-state index < -0.39 is 0 Å². The molecule has 0 amide bonds. The van der Waals surface area contributed by atoms with Gasteiger partial charge in [0.2, 0.25) is 5.78 Å². The van der Waals surface area contributed by atoms with Crippen molar-refractivity contribution in [3.05, 3.63) is 76.5 Å². The van der Waals surface area contributed by atoms with E-state index in [1.54, 1.807) is 18.3 Å². The number of nitrogens with one attached hydrogen (secondary N) is 1. The molecule has 0 saturated carbocycles. The number of nitrogens with zero attached hydrogens (tertiary/aromatic N) is 3. The van der Waals surface area contributed by atoms with Gasteiger partial charge in [0.05, 0.1) is 5.56 Å². The molecule has 6 nitrogen and oxygen atoms in total. The van der Waals surface area contributed by atoms with Crippen molar-refractivity contribution in [1.82, 2.24) is 9.97 Å². The Labute approximate surface area is 179 Å². The van der Waals surface area contributed by atoms with Gasteiger partial charge in [0, 0.05) is 36.9 Å². The van der Waals surface area contributed by atoms with E-state index >= 15 is 0 Å². The van der Waals surface area contributed by atoms with Crippen LogP contribution in [0, 0.1) is 0 Å². The van der Waals surface area contributed by atoms with Crippen molar-refractivity contribution in [2.24, 2.45) is 0 Å². The van der Waals surface area contributed by atoms with Crippen LogP contribution in [0.3, 0.4) is 0 Å². The highest BCUT2D eigenvalue weighted by atomic mass is 79.9. The zero-order valence-corrected chi connectivity index (χ0v) is 17.5. The fourth-order valence-corrected chi connectivity index (χ4v) is 3.95. The van der Waals surface area contributed by atoms with E-state index in [0.29, 0.717) is 21.8 Å². The van der Waals surface area contributed by atoms with Crippen LogP contribution in [-0.4, -0.2) is 34.9 Å². The SMILES string of the molecule is Nc1ncc(Br)cc1C(=O)c1cccc(N2CCC[C@@H]2CNc2ccccc2)n1.[HH]. The van der Waals surface area contributed by atoms with Crippen molar-refractivity contribution in [2.45, 2.75) is 18.9 Å². The van der Waals surface area contributed by atoms with Gasteiger partial charge in [-0.25, -0.2) is 9.97 Å². The van der Waals surface area contributed by atoms with Crippen LogP contribution in [0.4, 0.5) is 17.3 Å². The van der Waals surface area contributed by atoms with E-state index in [1.807, 2.05) is 30.3 Å². The molecule has 1 fully saturated rings. The summed E-state index contributed by atoms with van der Waals surface area (Å²) < 4.78 is 0.706. The summed E-state index contributed by atoms with van der Waals surface area (Å²) in [6.45, 7) is 1.75. The summed E-state index contributed by atoms with van der Waals surface area (Å²) in [5.74, 6) is 0.794. The number of halogens is 1. The van der Waals surface area contributed by atoms with E-state index in [-0.39, 0.29) is 13.0 Å². The Kier molecular flexibility index (Phi) is 5.76. The summed E-state index contributed by atoms with van der Waals surface area (Å²) in [4.78, 5) is 23.9.